The zero-order chi connectivity index (χ0) is 16.3. The van der Waals surface area contributed by atoms with Crippen molar-refractivity contribution < 1.29 is 18.3 Å². The first-order valence-electron chi connectivity index (χ1n) is 7.12. The van der Waals surface area contributed by atoms with E-state index in [9.17, 15) is 13.6 Å². The molecule has 22 heavy (non-hydrogen) atoms. The van der Waals surface area contributed by atoms with Crippen LogP contribution in [0.3, 0.4) is 0 Å². The van der Waals surface area contributed by atoms with E-state index in [2.05, 4.69) is 21.9 Å². The molecule has 0 saturated carbocycles. The molecule has 1 aromatic carbocycles. The third kappa shape index (κ3) is 4.30. The van der Waals surface area contributed by atoms with E-state index in [1.54, 1.807) is 0 Å². The second-order valence-electron chi connectivity index (χ2n) is 5.56. The van der Waals surface area contributed by atoms with Gasteiger partial charge in [-0.1, -0.05) is 11.6 Å². The lowest BCUT2D eigenvalue weighted by Crippen LogP contribution is -2.41. The summed E-state index contributed by atoms with van der Waals surface area (Å²) in [6.45, 7) is 0.0344. The molecule has 0 radical (unpaired) electrons. The number of nitrogens with zero attached hydrogens (tertiary/aromatic N) is 1. The smallest absolute Gasteiger partial charge is 0.387 e. The normalized spacial score (nSPS) is 22.6. The predicted molar refractivity (Wildman–Crippen MR) is 81.5 cm³/mol. The first-order chi connectivity index (χ1) is 10.4. The molecule has 2 rings (SSSR count). The minimum atomic E-state index is -2.93. The van der Waals surface area contributed by atoms with Gasteiger partial charge in [-0.2, -0.15) is 8.78 Å². The fourth-order valence-corrected chi connectivity index (χ4v) is 2.77. The molecule has 0 bridgehead atoms. The fourth-order valence-electron chi connectivity index (χ4n) is 2.54. The van der Waals surface area contributed by atoms with Crippen molar-refractivity contribution >= 4 is 23.2 Å². The summed E-state index contributed by atoms with van der Waals surface area (Å²) in [5.74, 6) is -0.233. The van der Waals surface area contributed by atoms with Gasteiger partial charge in [0.25, 0.3) is 0 Å². The highest BCUT2D eigenvalue weighted by Crippen LogP contribution is 2.30. The molecule has 2 atom stereocenters. The van der Waals surface area contributed by atoms with Crippen molar-refractivity contribution in [3.8, 4) is 5.75 Å². The van der Waals surface area contributed by atoms with Crippen LogP contribution in [0.25, 0.3) is 0 Å². The quantitative estimate of drug-likeness (QED) is 0.915. The molecule has 1 amide bonds. The summed E-state index contributed by atoms with van der Waals surface area (Å²) in [5.41, 5.74) is 0.475. The van der Waals surface area contributed by atoms with Crippen LogP contribution in [0.5, 0.6) is 5.75 Å². The first-order valence-corrected chi connectivity index (χ1v) is 7.50. The SMILES string of the molecule is C[C@H]1C[C@@H](C(=O)Nc2ccc(OC(F)F)c(Cl)c2)CCN1C. The third-order valence-corrected chi connectivity index (χ3v) is 4.29. The summed E-state index contributed by atoms with van der Waals surface area (Å²) >= 11 is 5.87. The van der Waals surface area contributed by atoms with Gasteiger partial charge in [0, 0.05) is 17.6 Å². The summed E-state index contributed by atoms with van der Waals surface area (Å²) in [6, 6.07) is 4.59. The number of hydrogen-bond donors (Lipinski definition) is 1. The number of halogens is 3. The van der Waals surface area contributed by atoms with Crippen LogP contribution in [0.15, 0.2) is 18.2 Å². The minimum absolute atomic E-state index is 0.0369. The van der Waals surface area contributed by atoms with Gasteiger partial charge in [0.2, 0.25) is 5.91 Å². The van der Waals surface area contributed by atoms with Gasteiger partial charge in [-0.3, -0.25) is 4.79 Å². The molecule has 1 aliphatic rings. The van der Waals surface area contributed by atoms with Crippen LogP contribution in [0.4, 0.5) is 14.5 Å². The highest BCUT2D eigenvalue weighted by Gasteiger charge is 2.28. The number of nitrogens with one attached hydrogen (secondary N) is 1. The lowest BCUT2D eigenvalue weighted by molar-refractivity contribution is -0.121. The van der Waals surface area contributed by atoms with Gasteiger partial charge in [0.15, 0.2) is 0 Å². The number of rotatable bonds is 4. The maximum atomic E-state index is 12.3. The number of benzene rings is 1. The summed E-state index contributed by atoms with van der Waals surface area (Å²) in [4.78, 5) is 14.5. The van der Waals surface area contributed by atoms with E-state index in [4.69, 9.17) is 11.6 Å². The molecule has 1 saturated heterocycles. The molecule has 1 heterocycles. The van der Waals surface area contributed by atoms with Crippen LogP contribution in [0.2, 0.25) is 5.02 Å². The molecule has 4 nitrogen and oxygen atoms in total. The van der Waals surface area contributed by atoms with E-state index in [0.29, 0.717) is 11.7 Å². The molecule has 7 heteroatoms. The Morgan fingerprint density at radius 1 is 1.50 bits per heavy atom. The van der Waals surface area contributed by atoms with Gasteiger partial charge >= 0.3 is 6.61 Å². The van der Waals surface area contributed by atoms with E-state index in [1.165, 1.54) is 18.2 Å². The van der Waals surface area contributed by atoms with Crippen LogP contribution >= 0.6 is 11.6 Å². The van der Waals surface area contributed by atoms with Crippen molar-refractivity contribution in [2.45, 2.75) is 32.4 Å². The number of ether oxygens (including phenoxy) is 1. The first kappa shape index (κ1) is 17.0. The topological polar surface area (TPSA) is 41.6 Å². The van der Waals surface area contributed by atoms with Crippen LogP contribution in [-0.2, 0) is 4.79 Å². The number of amides is 1. The predicted octanol–water partition coefficient (Wildman–Crippen LogP) is 3.61. The zero-order valence-electron chi connectivity index (χ0n) is 12.5. The zero-order valence-corrected chi connectivity index (χ0v) is 13.2. The van der Waals surface area contributed by atoms with E-state index in [0.717, 1.165) is 19.4 Å². The molecule has 0 spiro atoms. The summed E-state index contributed by atoms with van der Waals surface area (Å²) in [6.07, 6.45) is 1.59. The highest BCUT2D eigenvalue weighted by atomic mass is 35.5. The second kappa shape index (κ2) is 7.24. The number of carbonyl (C=O) groups excluding carboxylic acids is 1. The molecular weight excluding hydrogens is 314 g/mol. The van der Waals surface area contributed by atoms with Crippen LogP contribution in [-0.4, -0.2) is 37.1 Å². The van der Waals surface area contributed by atoms with Crippen molar-refractivity contribution in [2.75, 3.05) is 18.9 Å². The molecule has 1 fully saturated rings. The van der Waals surface area contributed by atoms with E-state index in [1.807, 2.05) is 7.05 Å². The van der Waals surface area contributed by atoms with Gasteiger partial charge < -0.3 is 15.0 Å². The van der Waals surface area contributed by atoms with Gasteiger partial charge in [-0.15, -0.1) is 0 Å². The van der Waals surface area contributed by atoms with E-state index >= 15 is 0 Å². The Labute approximate surface area is 133 Å². The standard InChI is InChI=1S/C15H19ClF2N2O2/c1-9-7-10(5-6-20(9)2)14(21)19-11-3-4-13(12(16)8-11)22-15(17)18/h3-4,8-10,15H,5-7H2,1-2H3,(H,19,21)/t9-,10-/m0/s1. The number of alkyl halides is 2. The molecule has 1 aromatic rings. The summed E-state index contributed by atoms with van der Waals surface area (Å²) in [7, 11) is 2.04. The Balaban J connectivity index is 1.98. The molecule has 0 aliphatic carbocycles. The van der Waals surface area contributed by atoms with Crippen molar-refractivity contribution in [2.24, 2.45) is 5.92 Å². The molecule has 0 aromatic heterocycles. The summed E-state index contributed by atoms with van der Waals surface area (Å²) < 4.78 is 28.6. The minimum Gasteiger partial charge on any atom is -0.433 e. The monoisotopic (exact) mass is 332 g/mol. The van der Waals surface area contributed by atoms with Crippen molar-refractivity contribution in [1.29, 1.82) is 0 Å². The fraction of sp³-hybridized carbons (Fsp3) is 0.533. The Hall–Kier alpha value is -1.40. The molecule has 122 valence electrons. The number of anilines is 1. The van der Waals surface area contributed by atoms with E-state index in [-0.39, 0.29) is 22.6 Å². The number of carbonyl (C=O) groups is 1. The van der Waals surface area contributed by atoms with Crippen LogP contribution in [0, 0.1) is 5.92 Å². The Morgan fingerprint density at radius 2 is 2.23 bits per heavy atom. The lowest BCUT2D eigenvalue weighted by Gasteiger charge is -2.34. The van der Waals surface area contributed by atoms with Gasteiger partial charge in [-0.25, -0.2) is 0 Å². The van der Waals surface area contributed by atoms with Gasteiger partial charge in [-0.05, 0) is 51.6 Å². The lowest BCUT2D eigenvalue weighted by atomic mass is 9.91. The van der Waals surface area contributed by atoms with Crippen LogP contribution < -0.4 is 10.1 Å². The molecule has 1 aliphatic heterocycles. The van der Waals surface area contributed by atoms with E-state index < -0.39 is 6.61 Å². The Bertz CT molecular complexity index is 542. The number of hydrogen-bond acceptors (Lipinski definition) is 3. The average Bonchev–Trinajstić information content (AvgIpc) is 2.44. The van der Waals surface area contributed by atoms with Crippen molar-refractivity contribution in [3.05, 3.63) is 23.2 Å². The second-order valence-corrected chi connectivity index (χ2v) is 5.97. The maximum Gasteiger partial charge on any atom is 0.387 e. The highest BCUT2D eigenvalue weighted by molar-refractivity contribution is 6.32. The van der Waals surface area contributed by atoms with Crippen molar-refractivity contribution in [3.63, 3.8) is 0 Å². The summed E-state index contributed by atoms with van der Waals surface area (Å²) in [5, 5.41) is 2.82. The van der Waals surface area contributed by atoms with Crippen molar-refractivity contribution in [1.82, 2.24) is 4.90 Å². The maximum absolute atomic E-state index is 12.3. The molecule has 1 N–H and O–H groups in total. The number of piperidine rings is 1. The largest absolute Gasteiger partial charge is 0.433 e. The molecular formula is C15H19ClF2N2O2. The average molecular weight is 333 g/mol. The van der Waals surface area contributed by atoms with Crippen LogP contribution in [0.1, 0.15) is 19.8 Å². The Morgan fingerprint density at radius 3 is 2.82 bits per heavy atom. The van der Waals surface area contributed by atoms with Gasteiger partial charge in [0.05, 0.1) is 5.02 Å². The number of likely N-dealkylation sites (tertiary alicyclic amines) is 1. The third-order valence-electron chi connectivity index (χ3n) is 3.99. The Kier molecular flexibility index (Phi) is 5.58. The molecule has 0 unspecified atom stereocenters. The van der Waals surface area contributed by atoms with Gasteiger partial charge in [0.1, 0.15) is 5.75 Å².